The quantitative estimate of drug-likeness (QED) is 0.398. The zero-order valence-electron chi connectivity index (χ0n) is 18.0. The van der Waals surface area contributed by atoms with Gasteiger partial charge in [0.1, 0.15) is 11.5 Å². The van der Waals surface area contributed by atoms with Gasteiger partial charge < -0.3 is 30.6 Å². The molecule has 3 aliphatic rings. The molecule has 2 aromatic rings. The van der Waals surface area contributed by atoms with E-state index in [1.807, 2.05) is 12.1 Å². The molecule has 1 aliphatic carbocycles. The van der Waals surface area contributed by atoms with Gasteiger partial charge in [0.15, 0.2) is 0 Å². The van der Waals surface area contributed by atoms with E-state index in [-0.39, 0.29) is 33.8 Å². The van der Waals surface area contributed by atoms with E-state index in [9.17, 15) is 19.8 Å². The second-order valence-corrected chi connectivity index (χ2v) is 8.67. The summed E-state index contributed by atoms with van der Waals surface area (Å²) in [5.41, 5.74) is 1.38. The normalized spacial score (nSPS) is 17.9. The molecule has 32 heavy (non-hydrogen) atoms. The predicted octanol–water partition coefficient (Wildman–Crippen LogP) is 2.11. The molecule has 2 fully saturated rings. The van der Waals surface area contributed by atoms with Gasteiger partial charge in [-0.25, -0.2) is 0 Å². The number of phenols is 2. The highest BCUT2D eigenvalue weighted by Crippen LogP contribution is 2.42. The van der Waals surface area contributed by atoms with E-state index < -0.39 is 11.6 Å². The smallest absolute Gasteiger partial charge is 0.200 e. The van der Waals surface area contributed by atoms with Gasteiger partial charge in [-0.15, -0.1) is 0 Å². The van der Waals surface area contributed by atoms with E-state index in [4.69, 9.17) is 0 Å². The van der Waals surface area contributed by atoms with Gasteiger partial charge in [-0.2, -0.15) is 0 Å². The van der Waals surface area contributed by atoms with Crippen LogP contribution in [-0.4, -0.2) is 83.9 Å². The summed E-state index contributed by atoms with van der Waals surface area (Å²) in [6.07, 6.45) is 2.42. The van der Waals surface area contributed by atoms with Gasteiger partial charge >= 0.3 is 0 Å². The summed E-state index contributed by atoms with van der Waals surface area (Å²) in [4.78, 5) is 31.6. The van der Waals surface area contributed by atoms with Gasteiger partial charge in [0.05, 0.1) is 22.3 Å². The number of carbonyl (C=O) groups excluding carboxylic acids is 2. The predicted molar refractivity (Wildman–Crippen MR) is 122 cm³/mol. The highest BCUT2D eigenvalue weighted by Gasteiger charge is 2.38. The average molecular weight is 437 g/mol. The van der Waals surface area contributed by atoms with Crippen molar-refractivity contribution in [3.8, 4) is 11.5 Å². The Bertz CT molecular complexity index is 992. The second kappa shape index (κ2) is 8.44. The lowest BCUT2D eigenvalue weighted by atomic mass is 9.81. The van der Waals surface area contributed by atoms with E-state index in [0.29, 0.717) is 24.5 Å². The number of likely N-dealkylation sites (tertiary alicyclic amines) is 2. The molecule has 8 nitrogen and oxygen atoms in total. The van der Waals surface area contributed by atoms with Crippen LogP contribution in [0.15, 0.2) is 24.3 Å². The van der Waals surface area contributed by atoms with Crippen LogP contribution in [0, 0.1) is 0 Å². The first-order chi connectivity index (χ1) is 15.5. The van der Waals surface area contributed by atoms with Crippen molar-refractivity contribution in [3.05, 3.63) is 46.5 Å². The Hall–Kier alpha value is -3.10. The summed E-state index contributed by atoms with van der Waals surface area (Å²) in [5, 5.41) is 27.3. The minimum Gasteiger partial charge on any atom is -0.507 e. The summed E-state index contributed by atoms with van der Waals surface area (Å²) in [5.74, 6) is -1.52. The van der Waals surface area contributed by atoms with Gasteiger partial charge in [0.25, 0.3) is 0 Å². The van der Waals surface area contributed by atoms with Crippen LogP contribution in [0.4, 0.5) is 11.4 Å². The largest absolute Gasteiger partial charge is 0.507 e. The van der Waals surface area contributed by atoms with Crippen molar-refractivity contribution in [3.63, 3.8) is 0 Å². The third kappa shape index (κ3) is 3.59. The maximum Gasteiger partial charge on any atom is 0.200 e. The summed E-state index contributed by atoms with van der Waals surface area (Å²) >= 11 is 0. The molecule has 8 heteroatoms. The fourth-order valence-electron chi connectivity index (χ4n) is 4.57. The number of carbonyl (C=O) groups is 2. The molecule has 0 amide bonds. The molecular weight excluding hydrogens is 408 g/mol. The molecule has 0 aromatic heterocycles. The van der Waals surface area contributed by atoms with Crippen molar-refractivity contribution in [2.45, 2.75) is 12.8 Å². The Morgan fingerprint density at radius 3 is 1.41 bits per heavy atom. The maximum atomic E-state index is 13.5. The summed E-state index contributed by atoms with van der Waals surface area (Å²) in [6, 6.07) is 6.13. The lowest BCUT2D eigenvalue weighted by Gasteiger charge is -2.31. The molecule has 5 rings (SSSR count). The molecule has 0 atom stereocenters. The molecule has 0 saturated carbocycles. The van der Waals surface area contributed by atoms with E-state index in [0.717, 1.165) is 39.3 Å². The number of nitrogens with zero attached hydrogens (tertiary/aromatic N) is 2. The zero-order chi connectivity index (χ0) is 22.2. The number of fused-ring (bicyclic) bond motifs is 2. The number of hydrogen-bond acceptors (Lipinski definition) is 8. The van der Waals surface area contributed by atoms with Crippen LogP contribution in [0.1, 0.15) is 44.7 Å². The van der Waals surface area contributed by atoms with Gasteiger partial charge in [0.2, 0.25) is 11.6 Å². The molecule has 0 spiro atoms. The topological polar surface area (TPSA) is 105 Å². The van der Waals surface area contributed by atoms with E-state index >= 15 is 0 Å². The number of phenolic OH excluding ortho intramolecular Hbond substituents is 2. The van der Waals surface area contributed by atoms with Gasteiger partial charge in [-0.05, 0) is 63.3 Å². The van der Waals surface area contributed by atoms with Crippen LogP contribution in [0.25, 0.3) is 0 Å². The van der Waals surface area contributed by atoms with Crippen molar-refractivity contribution in [1.82, 2.24) is 9.80 Å². The number of benzene rings is 2. The molecule has 168 valence electrons. The fraction of sp³-hybridized carbons (Fsp3) is 0.417. The van der Waals surface area contributed by atoms with Crippen LogP contribution in [-0.2, 0) is 0 Å². The Labute approximate surface area is 186 Å². The first kappa shape index (κ1) is 20.8. The first-order valence-electron chi connectivity index (χ1n) is 11.3. The Morgan fingerprint density at radius 1 is 0.656 bits per heavy atom. The summed E-state index contributed by atoms with van der Waals surface area (Å²) < 4.78 is 0. The molecule has 0 radical (unpaired) electrons. The van der Waals surface area contributed by atoms with Crippen molar-refractivity contribution in [2.24, 2.45) is 0 Å². The maximum absolute atomic E-state index is 13.5. The number of ketones is 2. The van der Waals surface area contributed by atoms with Crippen molar-refractivity contribution in [1.29, 1.82) is 0 Å². The standard InChI is InChI=1S/C24H28N4O4/c29-17-5-6-18(30)22-21(17)23(31)19-15(25-7-13-27-9-1-10-27)3-4-16(20(19)24(22)32)26-8-14-28-11-2-12-28/h3-6,25-26,29-30H,1-2,7-14H2. The number of rotatable bonds is 8. The highest BCUT2D eigenvalue weighted by atomic mass is 16.3. The Kier molecular flexibility index (Phi) is 5.48. The summed E-state index contributed by atoms with van der Waals surface area (Å²) in [6.45, 7) is 7.33. The van der Waals surface area contributed by atoms with Gasteiger partial charge in [0, 0.05) is 37.6 Å². The first-order valence-corrected chi connectivity index (χ1v) is 11.3. The number of hydrogen-bond donors (Lipinski definition) is 4. The third-order valence-corrected chi connectivity index (χ3v) is 6.66. The van der Waals surface area contributed by atoms with E-state index in [2.05, 4.69) is 20.4 Å². The van der Waals surface area contributed by atoms with Crippen LogP contribution >= 0.6 is 0 Å². The molecule has 0 unspecified atom stereocenters. The van der Waals surface area contributed by atoms with Crippen LogP contribution in [0.3, 0.4) is 0 Å². The number of anilines is 2. The fourth-order valence-corrected chi connectivity index (χ4v) is 4.57. The van der Waals surface area contributed by atoms with Crippen molar-refractivity contribution < 1.29 is 19.8 Å². The lowest BCUT2D eigenvalue weighted by Crippen LogP contribution is -2.40. The number of nitrogens with one attached hydrogen (secondary N) is 2. The van der Waals surface area contributed by atoms with Gasteiger partial charge in [-0.3, -0.25) is 9.59 Å². The highest BCUT2D eigenvalue weighted by molar-refractivity contribution is 6.33. The Morgan fingerprint density at radius 2 is 1.06 bits per heavy atom. The third-order valence-electron chi connectivity index (χ3n) is 6.66. The molecule has 0 bridgehead atoms. The SMILES string of the molecule is O=C1c2c(O)ccc(O)c2C(=O)c2c(NCCN3CCC3)ccc(NCCN3CCC3)c21. The molecule has 2 aliphatic heterocycles. The minimum atomic E-state index is -0.458. The van der Waals surface area contributed by atoms with Crippen LogP contribution < -0.4 is 10.6 Å². The van der Waals surface area contributed by atoms with Crippen LogP contribution in [0.2, 0.25) is 0 Å². The van der Waals surface area contributed by atoms with Gasteiger partial charge in [-0.1, -0.05) is 0 Å². The van der Waals surface area contributed by atoms with E-state index in [1.54, 1.807) is 0 Å². The molecule has 4 N–H and O–H groups in total. The van der Waals surface area contributed by atoms with Crippen molar-refractivity contribution >= 4 is 22.9 Å². The molecule has 2 aromatic carbocycles. The van der Waals surface area contributed by atoms with E-state index in [1.165, 1.54) is 25.0 Å². The lowest BCUT2D eigenvalue weighted by molar-refractivity contribution is 0.0975. The van der Waals surface area contributed by atoms with Crippen LogP contribution in [0.5, 0.6) is 11.5 Å². The second-order valence-electron chi connectivity index (χ2n) is 8.67. The monoisotopic (exact) mass is 436 g/mol. The number of aromatic hydroxyl groups is 2. The minimum absolute atomic E-state index is 0.133. The molecule has 2 saturated heterocycles. The molecule has 2 heterocycles. The average Bonchev–Trinajstić information content (AvgIpc) is 2.71. The molecular formula is C24H28N4O4. The zero-order valence-corrected chi connectivity index (χ0v) is 18.0. The summed E-state index contributed by atoms with van der Waals surface area (Å²) in [7, 11) is 0. The van der Waals surface area contributed by atoms with Crippen molar-refractivity contribution in [2.75, 3.05) is 63.0 Å². The Balaban J connectivity index is 1.49.